The van der Waals surface area contributed by atoms with Gasteiger partial charge in [-0.1, -0.05) is 24.0 Å². The summed E-state index contributed by atoms with van der Waals surface area (Å²) in [5.41, 5.74) is 1.74. The maximum absolute atomic E-state index is 11.5. The predicted molar refractivity (Wildman–Crippen MR) is 73.6 cm³/mol. The maximum Gasteiger partial charge on any atom is 0.407 e. The van der Waals surface area contributed by atoms with Gasteiger partial charge in [0.15, 0.2) is 0 Å². The summed E-state index contributed by atoms with van der Waals surface area (Å²) in [6.45, 7) is 5.31. The van der Waals surface area contributed by atoms with E-state index < -0.39 is 6.09 Å². The van der Waals surface area contributed by atoms with Crippen molar-refractivity contribution in [2.45, 2.75) is 32.9 Å². The normalized spacial score (nSPS) is 11.4. The van der Waals surface area contributed by atoms with Crippen LogP contribution in [0.4, 0.5) is 4.79 Å². The molecule has 4 nitrogen and oxygen atoms in total. The third-order valence-corrected chi connectivity index (χ3v) is 2.38. The van der Waals surface area contributed by atoms with Crippen molar-refractivity contribution in [1.29, 1.82) is 0 Å². The van der Waals surface area contributed by atoms with E-state index in [4.69, 9.17) is 9.84 Å². The number of aliphatic hydroxyl groups is 1. The summed E-state index contributed by atoms with van der Waals surface area (Å²) in [6, 6.07) is 7.34. The second kappa shape index (κ2) is 7.45. The predicted octanol–water partition coefficient (Wildman–Crippen LogP) is 2.23. The van der Waals surface area contributed by atoms with Crippen molar-refractivity contribution in [3.8, 4) is 11.8 Å². The molecule has 0 aliphatic heterocycles. The first kappa shape index (κ1) is 15.1. The van der Waals surface area contributed by atoms with Gasteiger partial charge in [0.1, 0.15) is 6.61 Å². The number of nitrogens with one attached hydrogen (secondary N) is 1. The molecular weight excluding hydrogens is 242 g/mol. The van der Waals surface area contributed by atoms with Crippen molar-refractivity contribution in [2.75, 3.05) is 6.61 Å². The van der Waals surface area contributed by atoms with Crippen LogP contribution >= 0.6 is 0 Å². The minimum absolute atomic E-state index is 0.144. The molecule has 0 aromatic heterocycles. The molecule has 0 heterocycles. The third kappa shape index (κ3) is 5.45. The highest BCUT2D eigenvalue weighted by atomic mass is 16.6. The van der Waals surface area contributed by atoms with Gasteiger partial charge in [-0.3, -0.25) is 0 Å². The van der Waals surface area contributed by atoms with E-state index in [0.29, 0.717) is 0 Å². The second-order valence-electron chi connectivity index (χ2n) is 4.41. The van der Waals surface area contributed by atoms with Gasteiger partial charge >= 0.3 is 6.09 Å². The van der Waals surface area contributed by atoms with Gasteiger partial charge in [0.05, 0.1) is 12.1 Å². The van der Waals surface area contributed by atoms with Crippen molar-refractivity contribution in [1.82, 2.24) is 5.32 Å². The second-order valence-corrected chi connectivity index (χ2v) is 4.41. The van der Waals surface area contributed by atoms with E-state index >= 15 is 0 Å². The van der Waals surface area contributed by atoms with Crippen LogP contribution in [0.15, 0.2) is 24.3 Å². The summed E-state index contributed by atoms with van der Waals surface area (Å²) < 4.78 is 5.03. The van der Waals surface area contributed by atoms with E-state index in [1.807, 2.05) is 31.2 Å². The molecule has 19 heavy (non-hydrogen) atoms. The van der Waals surface area contributed by atoms with Crippen molar-refractivity contribution in [3.63, 3.8) is 0 Å². The zero-order chi connectivity index (χ0) is 14.3. The lowest BCUT2D eigenvalue weighted by Gasteiger charge is -2.16. The lowest BCUT2D eigenvalue weighted by Crippen LogP contribution is -2.29. The number of aliphatic hydroxyl groups excluding tert-OH is 1. The van der Waals surface area contributed by atoms with Gasteiger partial charge in [0, 0.05) is 5.56 Å². The molecule has 0 aliphatic carbocycles. The van der Waals surface area contributed by atoms with E-state index in [1.165, 1.54) is 0 Å². The molecular formula is C15H19NO3. The molecule has 0 radical (unpaired) electrons. The highest BCUT2D eigenvalue weighted by Crippen LogP contribution is 2.14. The zero-order valence-corrected chi connectivity index (χ0v) is 11.4. The Morgan fingerprint density at radius 3 is 2.79 bits per heavy atom. The molecule has 1 unspecified atom stereocenters. The molecule has 0 fully saturated rings. The molecule has 1 amide bonds. The van der Waals surface area contributed by atoms with Crippen LogP contribution in [0.1, 0.15) is 37.9 Å². The number of alkyl carbamates (subject to hydrolysis) is 1. The molecule has 2 N–H and O–H groups in total. The quantitative estimate of drug-likeness (QED) is 0.820. The van der Waals surface area contributed by atoms with E-state index in [0.717, 1.165) is 11.1 Å². The molecule has 0 aliphatic rings. The molecule has 0 saturated heterocycles. The minimum Gasteiger partial charge on any atom is -0.447 e. The Labute approximate surface area is 113 Å². The Morgan fingerprint density at radius 2 is 2.16 bits per heavy atom. The maximum atomic E-state index is 11.5. The number of hydrogen-bond acceptors (Lipinski definition) is 3. The lowest BCUT2D eigenvalue weighted by molar-refractivity contribution is 0.113. The Bertz CT molecular complexity index is 486. The summed E-state index contributed by atoms with van der Waals surface area (Å²) >= 11 is 0. The van der Waals surface area contributed by atoms with Gasteiger partial charge in [-0.2, -0.15) is 0 Å². The van der Waals surface area contributed by atoms with Crippen LogP contribution in [0.5, 0.6) is 0 Å². The summed E-state index contributed by atoms with van der Waals surface area (Å²) in [4.78, 5) is 11.5. The number of amides is 1. The minimum atomic E-state index is -0.436. The van der Waals surface area contributed by atoms with Gasteiger partial charge in [-0.15, -0.1) is 0 Å². The molecule has 4 heteroatoms. The van der Waals surface area contributed by atoms with Crippen LogP contribution in [0, 0.1) is 11.8 Å². The van der Waals surface area contributed by atoms with Gasteiger partial charge < -0.3 is 15.2 Å². The highest BCUT2D eigenvalue weighted by Gasteiger charge is 2.11. The fourth-order valence-corrected chi connectivity index (χ4v) is 1.54. The number of hydrogen-bond donors (Lipinski definition) is 2. The summed E-state index contributed by atoms with van der Waals surface area (Å²) in [6.07, 6.45) is -0.580. The van der Waals surface area contributed by atoms with E-state index in [-0.39, 0.29) is 18.8 Å². The standard InChI is InChI=1S/C15H19NO3/c1-11(2)19-15(18)16-12(3)14-8-4-6-13(10-14)7-5-9-17/h4,6,8,10-12,17H,9H2,1-3H3,(H,16,18). The van der Waals surface area contributed by atoms with E-state index in [2.05, 4.69) is 17.2 Å². The monoisotopic (exact) mass is 261 g/mol. The van der Waals surface area contributed by atoms with Crippen molar-refractivity contribution in [3.05, 3.63) is 35.4 Å². The molecule has 1 atom stereocenters. The average molecular weight is 261 g/mol. The average Bonchev–Trinajstić information content (AvgIpc) is 2.35. The Balaban J connectivity index is 2.71. The number of carbonyl (C=O) groups is 1. The van der Waals surface area contributed by atoms with Crippen molar-refractivity contribution in [2.24, 2.45) is 0 Å². The first-order valence-corrected chi connectivity index (χ1v) is 6.19. The van der Waals surface area contributed by atoms with Crippen molar-refractivity contribution >= 4 is 6.09 Å². The smallest absolute Gasteiger partial charge is 0.407 e. The van der Waals surface area contributed by atoms with Crippen LogP contribution < -0.4 is 5.32 Å². The molecule has 1 aromatic carbocycles. The molecule has 102 valence electrons. The summed E-state index contributed by atoms with van der Waals surface area (Å²) in [5.74, 6) is 5.42. The number of carbonyl (C=O) groups excluding carboxylic acids is 1. The molecule has 1 aromatic rings. The fourth-order valence-electron chi connectivity index (χ4n) is 1.54. The molecule has 0 spiro atoms. The van der Waals surface area contributed by atoms with Gasteiger partial charge in [0.2, 0.25) is 0 Å². The van der Waals surface area contributed by atoms with Gasteiger partial charge in [0.25, 0.3) is 0 Å². The van der Waals surface area contributed by atoms with Crippen molar-refractivity contribution < 1.29 is 14.6 Å². The first-order valence-electron chi connectivity index (χ1n) is 6.19. The number of rotatable bonds is 3. The molecule has 0 bridgehead atoms. The largest absolute Gasteiger partial charge is 0.447 e. The van der Waals surface area contributed by atoms with Gasteiger partial charge in [-0.25, -0.2) is 4.79 Å². The topological polar surface area (TPSA) is 58.6 Å². The van der Waals surface area contributed by atoms with Crippen LogP contribution in [-0.2, 0) is 4.74 Å². The molecule has 1 rings (SSSR count). The molecule has 0 saturated carbocycles. The van der Waals surface area contributed by atoms with Crippen LogP contribution in [0.3, 0.4) is 0 Å². The first-order chi connectivity index (χ1) is 9.02. The van der Waals surface area contributed by atoms with Gasteiger partial charge in [-0.05, 0) is 38.5 Å². The fraction of sp³-hybridized carbons (Fsp3) is 0.400. The number of benzene rings is 1. The third-order valence-electron chi connectivity index (χ3n) is 2.38. The number of ether oxygens (including phenoxy) is 1. The van der Waals surface area contributed by atoms with Crippen LogP contribution in [0.2, 0.25) is 0 Å². The Hall–Kier alpha value is -1.99. The zero-order valence-electron chi connectivity index (χ0n) is 11.4. The lowest BCUT2D eigenvalue weighted by atomic mass is 10.1. The Kier molecular flexibility index (Phi) is 5.91. The summed E-state index contributed by atoms with van der Waals surface area (Å²) in [5, 5.41) is 11.4. The van der Waals surface area contributed by atoms with Crippen LogP contribution in [0.25, 0.3) is 0 Å². The SMILES string of the molecule is CC(C)OC(=O)NC(C)c1cccc(C#CCO)c1. The Morgan fingerprint density at radius 1 is 1.42 bits per heavy atom. The summed E-state index contributed by atoms with van der Waals surface area (Å²) in [7, 11) is 0. The highest BCUT2D eigenvalue weighted by molar-refractivity contribution is 5.68. The van der Waals surface area contributed by atoms with E-state index in [1.54, 1.807) is 13.8 Å². The van der Waals surface area contributed by atoms with Crippen LogP contribution in [-0.4, -0.2) is 23.9 Å². The van der Waals surface area contributed by atoms with E-state index in [9.17, 15) is 4.79 Å².